The molecular weight excluding hydrogens is 134 g/mol. The molecule has 0 spiro atoms. The molecule has 1 aromatic carbocycles. The summed E-state index contributed by atoms with van der Waals surface area (Å²) in [5, 5.41) is 17.5. The van der Waals surface area contributed by atoms with Crippen molar-refractivity contribution in [2.75, 3.05) is 0 Å². The van der Waals surface area contributed by atoms with Crippen molar-refractivity contribution in [2.45, 2.75) is 0 Å². The maximum absolute atomic E-state index is 12.4. The van der Waals surface area contributed by atoms with E-state index in [1.807, 2.05) is 0 Å². The molecule has 52 valence electrons. The molecule has 0 atom stereocenters. The predicted octanol–water partition coefficient (Wildman–Crippen LogP) is -0.505. The molecule has 1 rings (SSSR count). The fourth-order valence-corrected chi connectivity index (χ4v) is 0.716. The Kier molecular flexibility index (Phi) is 1.53. The van der Waals surface area contributed by atoms with Crippen LogP contribution in [0, 0.1) is 5.82 Å². The van der Waals surface area contributed by atoms with Gasteiger partial charge in [-0.3, -0.25) is 0 Å². The van der Waals surface area contributed by atoms with Gasteiger partial charge >= 0.3 is 0 Å². The second-order valence-electron chi connectivity index (χ2n) is 2.11. The van der Waals surface area contributed by atoms with Crippen LogP contribution in [0.5, 0.6) is 11.5 Å². The number of phenols is 2. The highest BCUT2D eigenvalue weighted by Gasteiger charge is 2.05. The topological polar surface area (TPSA) is 40.5 Å². The van der Waals surface area contributed by atoms with Gasteiger partial charge in [0.2, 0.25) is 0 Å². The van der Waals surface area contributed by atoms with Crippen molar-refractivity contribution in [3.05, 3.63) is 17.9 Å². The summed E-state index contributed by atoms with van der Waals surface area (Å²) in [6.07, 6.45) is 0. The Morgan fingerprint density at radius 2 is 1.90 bits per heavy atom. The van der Waals surface area contributed by atoms with E-state index in [1.165, 1.54) is 6.07 Å². The van der Waals surface area contributed by atoms with Gasteiger partial charge in [0.25, 0.3) is 0 Å². The number of rotatable bonds is 0. The second-order valence-corrected chi connectivity index (χ2v) is 2.11. The predicted molar refractivity (Wildman–Crippen MR) is 37.9 cm³/mol. The van der Waals surface area contributed by atoms with Gasteiger partial charge in [-0.25, -0.2) is 4.39 Å². The maximum atomic E-state index is 12.4. The lowest BCUT2D eigenvalue weighted by molar-refractivity contribution is 0.379. The van der Waals surface area contributed by atoms with Crippen LogP contribution in [0.25, 0.3) is 0 Å². The minimum absolute atomic E-state index is 0.419. The standard InChI is InChI=1S/C6H6BFO2/c7-3-1-4(8)6(10)5(9)2-3/h1-2,9-10H,7H2. The first kappa shape index (κ1) is 6.93. The van der Waals surface area contributed by atoms with Gasteiger partial charge in [-0.05, 0) is 12.1 Å². The number of benzene rings is 1. The van der Waals surface area contributed by atoms with Crippen molar-refractivity contribution in [3.8, 4) is 11.5 Å². The average Bonchev–Trinajstić information content (AvgIpc) is 1.82. The Bertz CT molecular complexity index is 239. The molecule has 0 unspecified atom stereocenters. The van der Waals surface area contributed by atoms with Crippen LogP contribution in [0.2, 0.25) is 0 Å². The SMILES string of the molecule is Bc1cc(O)c(O)c(F)c1. The first-order valence-electron chi connectivity index (χ1n) is 2.79. The summed E-state index contributed by atoms with van der Waals surface area (Å²) >= 11 is 0. The van der Waals surface area contributed by atoms with Crippen LogP contribution in [0.1, 0.15) is 0 Å². The Labute approximate surface area is 58.3 Å². The minimum atomic E-state index is -0.794. The van der Waals surface area contributed by atoms with E-state index in [4.69, 9.17) is 10.2 Å². The van der Waals surface area contributed by atoms with E-state index in [0.29, 0.717) is 5.46 Å². The lowest BCUT2D eigenvalue weighted by Gasteiger charge is -1.99. The highest BCUT2D eigenvalue weighted by atomic mass is 19.1. The molecular formula is C6H6BFO2. The van der Waals surface area contributed by atoms with Gasteiger partial charge in [0.1, 0.15) is 7.85 Å². The normalized spacial score (nSPS) is 9.70. The van der Waals surface area contributed by atoms with Crippen molar-refractivity contribution < 1.29 is 14.6 Å². The van der Waals surface area contributed by atoms with Crippen LogP contribution in [-0.2, 0) is 0 Å². The molecule has 0 saturated carbocycles. The molecule has 0 radical (unpaired) electrons. The largest absolute Gasteiger partial charge is 0.504 e. The third-order valence-corrected chi connectivity index (χ3v) is 1.19. The fraction of sp³-hybridized carbons (Fsp3) is 0. The minimum Gasteiger partial charge on any atom is -0.504 e. The van der Waals surface area contributed by atoms with Crippen LogP contribution in [0.4, 0.5) is 4.39 Å². The molecule has 0 fully saturated rings. The number of aromatic hydroxyl groups is 2. The van der Waals surface area contributed by atoms with E-state index < -0.39 is 17.3 Å². The molecule has 2 nitrogen and oxygen atoms in total. The number of halogens is 1. The molecule has 0 aliphatic heterocycles. The molecule has 0 heterocycles. The summed E-state index contributed by atoms with van der Waals surface area (Å²) in [7, 11) is 1.63. The third kappa shape index (κ3) is 1.05. The van der Waals surface area contributed by atoms with Gasteiger partial charge in [0.05, 0.1) is 0 Å². The smallest absolute Gasteiger partial charge is 0.193 e. The Morgan fingerprint density at radius 3 is 2.40 bits per heavy atom. The molecule has 0 aliphatic rings. The summed E-state index contributed by atoms with van der Waals surface area (Å²) in [5.41, 5.74) is 0.577. The van der Waals surface area contributed by atoms with Gasteiger partial charge in [-0.15, -0.1) is 0 Å². The zero-order valence-electron chi connectivity index (χ0n) is 5.43. The Morgan fingerprint density at radius 1 is 1.30 bits per heavy atom. The second kappa shape index (κ2) is 2.21. The van der Waals surface area contributed by atoms with Gasteiger partial charge in [0.15, 0.2) is 17.3 Å². The van der Waals surface area contributed by atoms with Crippen molar-refractivity contribution in [2.24, 2.45) is 0 Å². The van der Waals surface area contributed by atoms with E-state index in [2.05, 4.69) is 0 Å². The number of hydrogen-bond donors (Lipinski definition) is 2. The monoisotopic (exact) mass is 140 g/mol. The summed E-state index contributed by atoms with van der Waals surface area (Å²) in [6, 6.07) is 2.44. The van der Waals surface area contributed by atoms with Crippen molar-refractivity contribution >= 4 is 13.3 Å². The highest BCUT2D eigenvalue weighted by Crippen LogP contribution is 2.24. The fourth-order valence-electron chi connectivity index (χ4n) is 0.716. The third-order valence-electron chi connectivity index (χ3n) is 1.19. The molecule has 0 aromatic heterocycles. The van der Waals surface area contributed by atoms with Gasteiger partial charge in [0, 0.05) is 0 Å². The van der Waals surface area contributed by atoms with Crippen LogP contribution in [0.15, 0.2) is 12.1 Å². The summed E-state index contributed by atoms with van der Waals surface area (Å²) in [6.45, 7) is 0. The zero-order chi connectivity index (χ0) is 7.72. The molecule has 10 heavy (non-hydrogen) atoms. The molecule has 0 saturated heterocycles. The maximum Gasteiger partial charge on any atom is 0.193 e. The molecule has 2 N–H and O–H groups in total. The van der Waals surface area contributed by atoms with E-state index >= 15 is 0 Å². The Balaban J connectivity index is 3.31. The van der Waals surface area contributed by atoms with Gasteiger partial charge in [-0.1, -0.05) is 5.46 Å². The quantitative estimate of drug-likeness (QED) is 0.376. The summed E-state index contributed by atoms with van der Waals surface area (Å²) in [4.78, 5) is 0. The molecule has 4 heteroatoms. The van der Waals surface area contributed by atoms with E-state index in [9.17, 15) is 4.39 Å². The molecule has 0 amide bonds. The van der Waals surface area contributed by atoms with E-state index in [-0.39, 0.29) is 0 Å². The van der Waals surface area contributed by atoms with Crippen LogP contribution < -0.4 is 5.46 Å². The summed E-state index contributed by atoms with van der Waals surface area (Å²) in [5.74, 6) is -1.90. The van der Waals surface area contributed by atoms with Gasteiger partial charge < -0.3 is 10.2 Å². The van der Waals surface area contributed by atoms with E-state index in [1.54, 1.807) is 7.85 Å². The van der Waals surface area contributed by atoms with Crippen molar-refractivity contribution in [3.63, 3.8) is 0 Å². The molecule has 1 aromatic rings. The first-order chi connectivity index (χ1) is 4.61. The average molecular weight is 140 g/mol. The number of phenolic OH excluding ortho intramolecular Hbond substituents is 2. The molecule has 0 bridgehead atoms. The zero-order valence-corrected chi connectivity index (χ0v) is 5.43. The highest BCUT2D eigenvalue weighted by molar-refractivity contribution is 6.32. The van der Waals surface area contributed by atoms with Crippen LogP contribution in [0.3, 0.4) is 0 Å². The van der Waals surface area contributed by atoms with E-state index in [0.717, 1.165) is 6.07 Å². The first-order valence-corrected chi connectivity index (χ1v) is 2.79. The lowest BCUT2D eigenvalue weighted by Crippen LogP contribution is -2.01. The van der Waals surface area contributed by atoms with Crippen molar-refractivity contribution in [1.29, 1.82) is 0 Å². The molecule has 0 aliphatic carbocycles. The Hall–Kier alpha value is -1.19. The number of hydrogen-bond acceptors (Lipinski definition) is 2. The summed E-state index contributed by atoms with van der Waals surface area (Å²) < 4.78 is 12.4. The lowest BCUT2D eigenvalue weighted by atomic mass is 9.96. The van der Waals surface area contributed by atoms with Crippen LogP contribution in [-0.4, -0.2) is 18.1 Å². The van der Waals surface area contributed by atoms with Gasteiger partial charge in [-0.2, -0.15) is 0 Å². The van der Waals surface area contributed by atoms with Crippen LogP contribution >= 0.6 is 0 Å². The van der Waals surface area contributed by atoms with Crippen molar-refractivity contribution in [1.82, 2.24) is 0 Å².